The Hall–Kier alpha value is -4.10. The summed E-state index contributed by atoms with van der Waals surface area (Å²) in [6, 6.07) is 23.5. The van der Waals surface area contributed by atoms with Gasteiger partial charge in [0, 0.05) is 60.6 Å². The first-order valence-electron chi connectivity index (χ1n) is 11.7. The van der Waals surface area contributed by atoms with E-state index in [0.717, 1.165) is 33.3 Å². The van der Waals surface area contributed by atoms with Crippen molar-refractivity contribution >= 4 is 34.5 Å². The fourth-order valence-electron chi connectivity index (χ4n) is 4.80. The van der Waals surface area contributed by atoms with Crippen LogP contribution in [-0.2, 0) is 5.75 Å². The van der Waals surface area contributed by atoms with Gasteiger partial charge in [0.05, 0.1) is 11.2 Å². The Balaban J connectivity index is 1.46. The quantitative estimate of drug-likeness (QED) is 0.286. The first-order valence-corrected chi connectivity index (χ1v) is 12.8. The summed E-state index contributed by atoms with van der Waals surface area (Å²) in [4.78, 5) is 33.1. The summed E-state index contributed by atoms with van der Waals surface area (Å²) in [7, 11) is 3.41. The molecule has 1 amide bonds. The van der Waals surface area contributed by atoms with Gasteiger partial charge < -0.3 is 9.47 Å². The zero-order chi connectivity index (χ0) is 24.8. The van der Waals surface area contributed by atoms with E-state index >= 15 is 0 Å². The van der Waals surface area contributed by atoms with Gasteiger partial charge in [-0.05, 0) is 35.4 Å². The second kappa shape index (κ2) is 8.84. The molecule has 6 rings (SSSR count). The van der Waals surface area contributed by atoms with Crippen molar-refractivity contribution in [2.75, 3.05) is 14.1 Å². The van der Waals surface area contributed by atoms with E-state index in [0.29, 0.717) is 17.0 Å². The third-order valence-electron chi connectivity index (χ3n) is 6.59. The Labute approximate surface area is 213 Å². The molecule has 1 aliphatic heterocycles. The van der Waals surface area contributed by atoms with Gasteiger partial charge in [-0.15, -0.1) is 11.8 Å². The highest BCUT2D eigenvalue weighted by Crippen LogP contribution is 2.42. The highest BCUT2D eigenvalue weighted by atomic mass is 32.2. The lowest BCUT2D eigenvalue weighted by Crippen LogP contribution is -2.29. The van der Waals surface area contributed by atoms with Crippen LogP contribution in [0, 0.1) is 0 Å². The number of pyridine rings is 1. The summed E-state index contributed by atoms with van der Waals surface area (Å²) >= 11 is 1.77. The highest BCUT2D eigenvalue weighted by molar-refractivity contribution is 7.99. The summed E-state index contributed by atoms with van der Waals surface area (Å²) in [6.07, 6.45) is 5.60. The number of hydrogen-bond acceptors (Lipinski definition) is 4. The normalized spacial score (nSPS) is 14.7. The molecule has 1 unspecified atom stereocenters. The van der Waals surface area contributed by atoms with Crippen LogP contribution in [0.25, 0.3) is 22.0 Å². The van der Waals surface area contributed by atoms with E-state index in [-0.39, 0.29) is 17.2 Å². The Morgan fingerprint density at radius 2 is 1.81 bits per heavy atom. The summed E-state index contributed by atoms with van der Waals surface area (Å²) in [5, 5.41) is 0.935. The molecule has 0 saturated carbocycles. The van der Waals surface area contributed by atoms with Crippen molar-refractivity contribution in [1.82, 2.24) is 19.0 Å². The van der Waals surface area contributed by atoms with Crippen molar-refractivity contribution in [2.45, 2.75) is 11.1 Å². The number of fused-ring (bicyclic) bond motifs is 2. The minimum atomic E-state index is -0.253. The van der Waals surface area contributed by atoms with Crippen molar-refractivity contribution in [2.24, 2.45) is 0 Å². The third-order valence-corrected chi connectivity index (χ3v) is 7.84. The van der Waals surface area contributed by atoms with E-state index in [9.17, 15) is 9.59 Å². The Morgan fingerprint density at radius 3 is 2.56 bits per heavy atom. The van der Waals surface area contributed by atoms with Crippen LogP contribution in [-0.4, -0.2) is 44.9 Å². The number of hydrogen-bond donors (Lipinski definition) is 0. The molecule has 178 valence electrons. The predicted molar refractivity (Wildman–Crippen MR) is 143 cm³/mol. The van der Waals surface area contributed by atoms with Gasteiger partial charge >= 0.3 is 6.03 Å². The number of benzene rings is 2. The Morgan fingerprint density at radius 1 is 0.972 bits per heavy atom. The summed E-state index contributed by atoms with van der Waals surface area (Å²) in [5.41, 5.74) is 5.84. The standard InChI is InChI=1S/C29H24N4O2S/c1-31(2)29(35)33-24-15-20(19-7-4-3-5-8-19)10-11-21(24)16-25(33)27(34)23-12-14-32-26(23)18-36-28(32)22-9-6-13-30-17-22/h3-17,28H,18H2,1-2H3. The van der Waals surface area contributed by atoms with Crippen LogP contribution >= 0.6 is 11.8 Å². The van der Waals surface area contributed by atoms with Crippen molar-refractivity contribution < 1.29 is 9.59 Å². The van der Waals surface area contributed by atoms with Crippen LogP contribution in [0.4, 0.5) is 4.79 Å². The zero-order valence-electron chi connectivity index (χ0n) is 20.0. The molecule has 5 aromatic rings. The molecule has 0 bridgehead atoms. The maximum absolute atomic E-state index is 14.0. The van der Waals surface area contributed by atoms with E-state index in [1.54, 1.807) is 36.6 Å². The molecule has 0 spiro atoms. The maximum Gasteiger partial charge on any atom is 0.328 e. The second-order valence-electron chi connectivity index (χ2n) is 9.04. The summed E-state index contributed by atoms with van der Waals surface area (Å²) < 4.78 is 3.69. The minimum Gasteiger partial charge on any atom is -0.333 e. The van der Waals surface area contributed by atoms with Crippen LogP contribution in [0.2, 0.25) is 0 Å². The first-order chi connectivity index (χ1) is 17.5. The van der Waals surface area contributed by atoms with Crippen LogP contribution < -0.4 is 0 Å². The molecule has 1 atom stereocenters. The third kappa shape index (κ3) is 3.63. The van der Waals surface area contributed by atoms with E-state index in [1.807, 2.05) is 79.1 Å². The second-order valence-corrected chi connectivity index (χ2v) is 10.1. The van der Waals surface area contributed by atoms with Crippen molar-refractivity contribution in [3.05, 3.63) is 114 Å². The van der Waals surface area contributed by atoms with Gasteiger partial charge in [0.15, 0.2) is 0 Å². The highest BCUT2D eigenvalue weighted by Gasteiger charge is 2.31. The molecule has 4 heterocycles. The molecule has 0 saturated heterocycles. The monoisotopic (exact) mass is 492 g/mol. The molecule has 0 aliphatic carbocycles. The summed E-state index contributed by atoms with van der Waals surface area (Å²) in [6.45, 7) is 0. The van der Waals surface area contributed by atoms with Gasteiger partial charge in [-0.2, -0.15) is 0 Å². The average molecular weight is 493 g/mol. The van der Waals surface area contributed by atoms with Crippen LogP contribution in [0.1, 0.15) is 32.7 Å². The lowest BCUT2D eigenvalue weighted by molar-refractivity contribution is 0.103. The number of nitrogens with zero attached hydrogens (tertiary/aromatic N) is 4. The fourth-order valence-corrected chi connectivity index (χ4v) is 6.11. The minimum absolute atomic E-state index is 0.0814. The smallest absolute Gasteiger partial charge is 0.328 e. The van der Waals surface area contributed by atoms with Crippen LogP contribution in [0.15, 0.2) is 91.4 Å². The van der Waals surface area contributed by atoms with Gasteiger partial charge in [-0.25, -0.2) is 4.79 Å². The molecular formula is C29H24N4O2S. The van der Waals surface area contributed by atoms with Gasteiger partial charge in [0.2, 0.25) is 5.78 Å². The largest absolute Gasteiger partial charge is 0.333 e. The first kappa shape index (κ1) is 22.4. The number of ketones is 1. The average Bonchev–Trinajstić information content (AvgIpc) is 3.62. The van der Waals surface area contributed by atoms with Gasteiger partial charge in [0.25, 0.3) is 0 Å². The Bertz CT molecular complexity index is 1600. The van der Waals surface area contributed by atoms with Crippen molar-refractivity contribution in [3.8, 4) is 11.1 Å². The molecule has 0 fully saturated rings. The van der Waals surface area contributed by atoms with E-state index in [4.69, 9.17) is 0 Å². The maximum atomic E-state index is 14.0. The Kier molecular flexibility index (Phi) is 5.49. The molecule has 2 aromatic carbocycles. The van der Waals surface area contributed by atoms with Gasteiger partial charge in [-0.1, -0.05) is 48.5 Å². The SMILES string of the molecule is CN(C)C(=O)n1c(C(=O)c2ccn3c2CSC3c2cccnc2)cc2ccc(-c3ccccc3)cc21. The zero-order valence-corrected chi connectivity index (χ0v) is 20.8. The lowest BCUT2D eigenvalue weighted by atomic mass is 10.0. The molecule has 1 aliphatic rings. The number of carbonyl (C=O) groups is 2. The molecule has 0 radical (unpaired) electrons. The van der Waals surface area contributed by atoms with E-state index in [1.165, 1.54) is 4.90 Å². The number of aromatic nitrogens is 3. The molecule has 6 nitrogen and oxygen atoms in total. The molecular weight excluding hydrogens is 468 g/mol. The molecule has 7 heteroatoms. The number of thioether (sulfide) groups is 1. The summed E-state index contributed by atoms with van der Waals surface area (Å²) in [5.74, 6) is 0.567. The van der Waals surface area contributed by atoms with Gasteiger partial charge in [0.1, 0.15) is 5.37 Å². The number of amides is 1. The van der Waals surface area contributed by atoms with E-state index < -0.39 is 0 Å². The van der Waals surface area contributed by atoms with Crippen molar-refractivity contribution in [1.29, 1.82) is 0 Å². The predicted octanol–water partition coefficient (Wildman–Crippen LogP) is 6.06. The number of rotatable bonds is 4. The topological polar surface area (TPSA) is 60.1 Å². The lowest BCUT2D eigenvalue weighted by Gasteiger charge is -2.15. The molecule has 36 heavy (non-hydrogen) atoms. The van der Waals surface area contributed by atoms with Crippen LogP contribution in [0.5, 0.6) is 0 Å². The molecule has 0 N–H and O–H groups in total. The van der Waals surface area contributed by atoms with Crippen molar-refractivity contribution in [3.63, 3.8) is 0 Å². The van der Waals surface area contributed by atoms with E-state index in [2.05, 4.69) is 15.6 Å². The van der Waals surface area contributed by atoms with Gasteiger partial charge in [-0.3, -0.25) is 14.3 Å². The molecule has 3 aromatic heterocycles. The fraction of sp³-hybridized carbons (Fsp3) is 0.138. The van der Waals surface area contributed by atoms with Crippen LogP contribution in [0.3, 0.4) is 0 Å². The number of carbonyl (C=O) groups excluding carboxylic acids is 2.